The zero-order valence-electron chi connectivity index (χ0n) is 12.1. The number of urea groups is 1. The van der Waals surface area contributed by atoms with Gasteiger partial charge in [0.1, 0.15) is 11.6 Å². The number of esters is 1. The minimum absolute atomic E-state index is 0.00543. The second-order valence-corrected chi connectivity index (χ2v) is 6.36. The van der Waals surface area contributed by atoms with Gasteiger partial charge >= 0.3 is 12.0 Å². The molecule has 0 aliphatic carbocycles. The third-order valence-corrected chi connectivity index (χ3v) is 3.55. The number of rotatable bonds is 1. The zero-order chi connectivity index (χ0) is 14.0. The normalized spacial score (nSPS) is 23.8. The second kappa shape index (κ2) is 5.39. The van der Waals surface area contributed by atoms with Crippen molar-refractivity contribution >= 4 is 12.0 Å². The van der Waals surface area contributed by atoms with Gasteiger partial charge in [0, 0.05) is 19.6 Å². The molecule has 2 rings (SSSR count). The highest BCUT2D eigenvalue weighted by atomic mass is 16.6. The van der Waals surface area contributed by atoms with Gasteiger partial charge in [-0.3, -0.25) is 0 Å². The van der Waals surface area contributed by atoms with Gasteiger partial charge in [-0.05, 0) is 46.5 Å². The van der Waals surface area contributed by atoms with Crippen molar-refractivity contribution in [2.45, 2.75) is 58.1 Å². The fraction of sp³-hybridized carbons (Fsp3) is 0.857. The molecule has 0 radical (unpaired) electrons. The van der Waals surface area contributed by atoms with Crippen molar-refractivity contribution in [2.24, 2.45) is 0 Å². The fourth-order valence-corrected chi connectivity index (χ4v) is 2.70. The van der Waals surface area contributed by atoms with Gasteiger partial charge in [0.25, 0.3) is 0 Å². The molecule has 0 saturated carbocycles. The average molecular weight is 268 g/mol. The topological polar surface area (TPSA) is 49.9 Å². The number of carbonyl (C=O) groups excluding carboxylic acids is 2. The van der Waals surface area contributed by atoms with Crippen molar-refractivity contribution < 1.29 is 14.3 Å². The van der Waals surface area contributed by atoms with Crippen LogP contribution in [-0.2, 0) is 9.53 Å². The van der Waals surface area contributed by atoms with Crippen LogP contribution in [0.15, 0.2) is 0 Å². The van der Waals surface area contributed by atoms with Crippen LogP contribution in [0.1, 0.15) is 46.5 Å². The van der Waals surface area contributed by atoms with Gasteiger partial charge in [-0.15, -0.1) is 0 Å². The van der Waals surface area contributed by atoms with E-state index in [1.54, 1.807) is 4.90 Å². The molecule has 2 aliphatic heterocycles. The Kier molecular flexibility index (Phi) is 4.02. The molecule has 0 N–H and O–H groups in total. The summed E-state index contributed by atoms with van der Waals surface area (Å²) < 4.78 is 5.41. The Morgan fingerprint density at radius 3 is 2.26 bits per heavy atom. The Morgan fingerprint density at radius 1 is 1.05 bits per heavy atom. The van der Waals surface area contributed by atoms with Gasteiger partial charge in [-0.1, -0.05) is 0 Å². The highest BCUT2D eigenvalue weighted by Gasteiger charge is 2.38. The van der Waals surface area contributed by atoms with E-state index >= 15 is 0 Å². The molecular formula is C14H24N2O3. The van der Waals surface area contributed by atoms with Crippen molar-refractivity contribution in [1.29, 1.82) is 0 Å². The summed E-state index contributed by atoms with van der Waals surface area (Å²) in [7, 11) is 0. The summed E-state index contributed by atoms with van der Waals surface area (Å²) in [5.74, 6) is -0.266. The number of likely N-dealkylation sites (tertiary alicyclic amines) is 2. The zero-order valence-corrected chi connectivity index (χ0v) is 12.1. The Morgan fingerprint density at radius 2 is 1.68 bits per heavy atom. The molecule has 2 aliphatic rings. The Hall–Kier alpha value is -1.26. The van der Waals surface area contributed by atoms with Crippen LogP contribution in [-0.4, -0.2) is 53.1 Å². The summed E-state index contributed by atoms with van der Waals surface area (Å²) in [5, 5.41) is 0. The first-order valence-electron chi connectivity index (χ1n) is 7.17. The van der Waals surface area contributed by atoms with E-state index in [2.05, 4.69) is 0 Å². The molecule has 5 heteroatoms. The first-order valence-corrected chi connectivity index (χ1v) is 7.17. The quantitative estimate of drug-likeness (QED) is 0.684. The predicted molar refractivity (Wildman–Crippen MR) is 71.8 cm³/mol. The molecule has 5 nitrogen and oxygen atoms in total. The first kappa shape index (κ1) is 14.2. The maximum absolute atomic E-state index is 12.4. The number of amides is 2. The van der Waals surface area contributed by atoms with Crippen LogP contribution in [0, 0.1) is 0 Å². The van der Waals surface area contributed by atoms with Crippen molar-refractivity contribution in [1.82, 2.24) is 9.80 Å². The maximum Gasteiger partial charge on any atom is 0.329 e. The van der Waals surface area contributed by atoms with E-state index in [1.807, 2.05) is 25.7 Å². The summed E-state index contributed by atoms with van der Waals surface area (Å²) in [5.41, 5.74) is -0.498. The molecule has 2 fully saturated rings. The van der Waals surface area contributed by atoms with E-state index in [4.69, 9.17) is 4.74 Å². The summed E-state index contributed by atoms with van der Waals surface area (Å²) >= 11 is 0. The van der Waals surface area contributed by atoms with Crippen molar-refractivity contribution in [2.75, 3.05) is 19.6 Å². The molecule has 0 aromatic carbocycles. The minimum Gasteiger partial charge on any atom is -0.458 e. The predicted octanol–water partition coefficient (Wildman–Crippen LogP) is 2.01. The van der Waals surface area contributed by atoms with Gasteiger partial charge in [0.05, 0.1) is 0 Å². The van der Waals surface area contributed by atoms with Crippen molar-refractivity contribution in [3.8, 4) is 0 Å². The maximum atomic E-state index is 12.4. The van der Waals surface area contributed by atoms with E-state index in [0.29, 0.717) is 13.0 Å². The van der Waals surface area contributed by atoms with E-state index in [-0.39, 0.29) is 12.0 Å². The molecule has 0 unspecified atom stereocenters. The molecular weight excluding hydrogens is 244 g/mol. The van der Waals surface area contributed by atoms with Crippen LogP contribution in [0.3, 0.4) is 0 Å². The van der Waals surface area contributed by atoms with Crippen LogP contribution in [0.2, 0.25) is 0 Å². The molecule has 19 heavy (non-hydrogen) atoms. The molecule has 1 atom stereocenters. The van der Waals surface area contributed by atoms with E-state index in [9.17, 15) is 9.59 Å². The van der Waals surface area contributed by atoms with Gasteiger partial charge in [-0.25, -0.2) is 9.59 Å². The number of carbonyl (C=O) groups is 2. The third kappa shape index (κ3) is 3.39. The van der Waals surface area contributed by atoms with E-state index in [0.717, 1.165) is 32.4 Å². The van der Waals surface area contributed by atoms with Gasteiger partial charge in [0.15, 0.2) is 0 Å². The van der Waals surface area contributed by atoms with Gasteiger partial charge < -0.3 is 14.5 Å². The molecule has 2 saturated heterocycles. The minimum atomic E-state index is -0.498. The Bertz CT molecular complexity index is 356. The Balaban J connectivity index is 2.00. The standard InChI is InChI=1S/C14H24N2O3/c1-14(2,3)19-12(17)11-7-6-10-16(11)13(18)15-8-4-5-9-15/h11H,4-10H2,1-3H3/t11-/m0/s1. The summed E-state index contributed by atoms with van der Waals surface area (Å²) in [4.78, 5) is 28.1. The lowest BCUT2D eigenvalue weighted by atomic mass is 10.1. The van der Waals surface area contributed by atoms with Crippen molar-refractivity contribution in [3.63, 3.8) is 0 Å². The molecule has 0 aromatic heterocycles. The lowest BCUT2D eigenvalue weighted by Gasteiger charge is -2.30. The fourth-order valence-electron chi connectivity index (χ4n) is 2.70. The Labute approximate surface area is 114 Å². The van der Waals surface area contributed by atoms with Crippen LogP contribution >= 0.6 is 0 Å². The molecule has 108 valence electrons. The molecule has 0 spiro atoms. The van der Waals surface area contributed by atoms with E-state index in [1.165, 1.54) is 0 Å². The molecule has 0 bridgehead atoms. The second-order valence-electron chi connectivity index (χ2n) is 6.36. The monoisotopic (exact) mass is 268 g/mol. The summed E-state index contributed by atoms with van der Waals surface area (Å²) in [6.45, 7) is 7.86. The number of ether oxygens (including phenoxy) is 1. The smallest absolute Gasteiger partial charge is 0.329 e. The van der Waals surface area contributed by atoms with Gasteiger partial charge in [-0.2, -0.15) is 0 Å². The number of hydrogen-bond acceptors (Lipinski definition) is 3. The lowest BCUT2D eigenvalue weighted by Crippen LogP contribution is -2.48. The average Bonchev–Trinajstić information content (AvgIpc) is 2.97. The van der Waals surface area contributed by atoms with E-state index < -0.39 is 11.6 Å². The summed E-state index contributed by atoms with van der Waals surface area (Å²) in [6, 6.07) is -0.391. The van der Waals surface area contributed by atoms with Gasteiger partial charge in [0.2, 0.25) is 0 Å². The highest BCUT2D eigenvalue weighted by Crippen LogP contribution is 2.23. The third-order valence-electron chi connectivity index (χ3n) is 3.55. The van der Waals surface area contributed by atoms with Crippen molar-refractivity contribution in [3.05, 3.63) is 0 Å². The van der Waals surface area contributed by atoms with Crippen LogP contribution in [0.25, 0.3) is 0 Å². The lowest BCUT2D eigenvalue weighted by molar-refractivity contribution is -0.159. The van der Waals surface area contributed by atoms with Crippen LogP contribution in [0.5, 0.6) is 0 Å². The first-order chi connectivity index (χ1) is 8.88. The molecule has 2 heterocycles. The largest absolute Gasteiger partial charge is 0.458 e. The molecule has 0 aromatic rings. The van der Waals surface area contributed by atoms with Crippen LogP contribution < -0.4 is 0 Å². The summed E-state index contributed by atoms with van der Waals surface area (Å²) in [6.07, 6.45) is 3.73. The number of nitrogens with zero attached hydrogens (tertiary/aromatic N) is 2. The van der Waals surface area contributed by atoms with Crippen LogP contribution in [0.4, 0.5) is 4.79 Å². The SMILES string of the molecule is CC(C)(C)OC(=O)[C@@H]1CCCN1C(=O)N1CCCC1. The molecule has 2 amide bonds. The highest BCUT2D eigenvalue weighted by molar-refractivity contribution is 5.84. The number of hydrogen-bond donors (Lipinski definition) is 0.